The molecule has 2 amide bonds. The molecule has 0 aliphatic carbocycles. The van der Waals surface area contributed by atoms with Crippen LogP contribution in [0, 0.1) is 5.82 Å². The van der Waals surface area contributed by atoms with E-state index in [4.69, 9.17) is 9.47 Å². The molecule has 2 atom stereocenters. The van der Waals surface area contributed by atoms with Gasteiger partial charge in [-0.25, -0.2) is 9.37 Å². The van der Waals surface area contributed by atoms with E-state index in [1.165, 1.54) is 6.07 Å². The quantitative estimate of drug-likeness (QED) is 0.485. The Morgan fingerprint density at radius 1 is 1.15 bits per heavy atom. The topological polar surface area (TPSA) is 96.0 Å². The normalized spacial score (nSPS) is 20.7. The largest absolute Gasteiger partial charge is 0.470 e. The summed E-state index contributed by atoms with van der Waals surface area (Å²) < 4.78 is 27.1. The number of nitrogens with one attached hydrogen (secondary N) is 2. The van der Waals surface area contributed by atoms with Gasteiger partial charge in [-0.05, 0) is 49.9 Å². The van der Waals surface area contributed by atoms with Gasteiger partial charge in [0, 0.05) is 73.5 Å². The maximum absolute atomic E-state index is 14.9. The third-order valence-corrected chi connectivity index (χ3v) is 7.86. The first-order valence-corrected chi connectivity index (χ1v) is 13.6. The van der Waals surface area contributed by atoms with Gasteiger partial charge in [0.15, 0.2) is 6.23 Å². The van der Waals surface area contributed by atoms with Crippen LogP contribution in [-0.4, -0.2) is 66.1 Å². The van der Waals surface area contributed by atoms with Crippen molar-refractivity contribution in [3.63, 3.8) is 0 Å². The molecule has 208 valence electrons. The van der Waals surface area contributed by atoms with E-state index in [2.05, 4.69) is 32.5 Å². The first-order valence-electron chi connectivity index (χ1n) is 13.6. The molecule has 2 N–H and O–H groups in total. The van der Waals surface area contributed by atoms with Crippen molar-refractivity contribution < 1.29 is 23.5 Å². The minimum atomic E-state index is -0.602. The Morgan fingerprint density at radius 3 is 2.77 bits per heavy atom. The van der Waals surface area contributed by atoms with Gasteiger partial charge < -0.3 is 25.0 Å². The maximum Gasteiger partial charge on any atom is 0.254 e. The number of aromatic nitrogens is 1. The van der Waals surface area contributed by atoms with Crippen LogP contribution in [0.5, 0.6) is 17.2 Å². The number of hydrogen-bond acceptors (Lipinski definition) is 7. The Kier molecular flexibility index (Phi) is 7.12. The van der Waals surface area contributed by atoms with Crippen molar-refractivity contribution >= 4 is 17.6 Å². The van der Waals surface area contributed by atoms with E-state index in [0.717, 1.165) is 37.3 Å². The van der Waals surface area contributed by atoms with Crippen molar-refractivity contribution in [2.75, 3.05) is 38.5 Å². The zero-order valence-corrected chi connectivity index (χ0v) is 22.6. The van der Waals surface area contributed by atoms with Crippen molar-refractivity contribution in [3.8, 4) is 17.2 Å². The number of carbonyl (C=O) groups is 2. The SMILES string of the molecule is CC1c2cc(Oc3ccnc4c3CCC(=O)N4)ccc2OC1NC(=O)c1ccc(CN2CCN(C)CC2)c(F)c1. The molecule has 6 rings (SSSR count). The average molecular weight is 546 g/mol. The van der Waals surface area contributed by atoms with Crippen LogP contribution in [0.3, 0.4) is 0 Å². The number of rotatable bonds is 6. The Balaban J connectivity index is 1.10. The zero-order chi connectivity index (χ0) is 27.8. The second-order valence-electron chi connectivity index (χ2n) is 10.7. The lowest BCUT2D eigenvalue weighted by molar-refractivity contribution is -0.116. The van der Waals surface area contributed by atoms with Crippen molar-refractivity contribution in [1.82, 2.24) is 20.1 Å². The standard InChI is InChI=1S/C30H32FN5O4/c1-18-23-16-21(39-26-9-10-32-28-22(26)6-8-27(37)33-28)5-7-25(23)40-30(18)34-29(38)19-3-4-20(24(31)15-19)17-36-13-11-35(2)12-14-36/h3-5,7,9-10,15-16,18,30H,6,8,11-14,17H2,1-2H3,(H,34,38)(H,32,33,37). The molecule has 40 heavy (non-hydrogen) atoms. The van der Waals surface area contributed by atoms with Gasteiger partial charge in [-0.2, -0.15) is 0 Å². The van der Waals surface area contributed by atoms with Gasteiger partial charge in [0.25, 0.3) is 5.91 Å². The lowest BCUT2D eigenvalue weighted by atomic mass is 10.0. The van der Waals surface area contributed by atoms with Gasteiger partial charge in [-0.3, -0.25) is 14.5 Å². The van der Waals surface area contributed by atoms with E-state index < -0.39 is 12.1 Å². The minimum Gasteiger partial charge on any atom is -0.470 e. The molecule has 10 heteroatoms. The number of piperazine rings is 1. The highest BCUT2D eigenvalue weighted by Gasteiger charge is 2.33. The molecule has 4 heterocycles. The summed E-state index contributed by atoms with van der Waals surface area (Å²) in [6.07, 6.45) is 1.94. The van der Waals surface area contributed by atoms with E-state index in [0.29, 0.717) is 48.0 Å². The molecule has 9 nitrogen and oxygen atoms in total. The summed E-state index contributed by atoms with van der Waals surface area (Å²) in [5.74, 6) is 1.45. The number of benzene rings is 2. The van der Waals surface area contributed by atoms with Gasteiger partial charge in [-0.15, -0.1) is 0 Å². The fourth-order valence-corrected chi connectivity index (χ4v) is 5.37. The lowest BCUT2D eigenvalue weighted by Crippen LogP contribution is -2.44. The molecular weight excluding hydrogens is 513 g/mol. The Labute approximate surface area is 232 Å². The Hall–Kier alpha value is -4.02. The predicted octanol–water partition coefficient (Wildman–Crippen LogP) is 3.90. The average Bonchev–Trinajstić information content (AvgIpc) is 3.25. The highest BCUT2D eigenvalue weighted by atomic mass is 19.1. The van der Waals surface area contributed by atoms with E-state index >= 15 is 0 Å². The summed E-state index contributed by atoms with van der Waals surface area (Å²) in [5, 5.41) is 5.69. The second kappa shape index (κ2) is 10.9. The van der Waals surface area contributed by atoms with E-state index in [1.54, 1.807) is 30.5 Å². The molecule has 3 aliphatic heterocycles. The van der Waals surface area contributed by atoms with E-state index in [-0.39, 0.29) is 23.2 Å². The molecule has 0 saturated carbocycles. The Morgan fingerprint density at radius 2 is 1.98 bits per heavy atom. The van der Waals surface area contributed by atoms with Crippen molar-refractivity contribution in [1.29, 1.82) is 0 Å². The van der Waals surface area contributed by atoms with Gasteiger partial charge in [0.2, 0.25) is 5.91 Å². The van der Waals surface area contributed by atoms with E-state index in [9.17, 15) is 14.0 Å². The van der Waals surface area contributed by atoms with Crippen molar-refractivity contribution in [3.05, 3.63) is 76.7 Å². The van der Waals surface area contributed by atoms with Gasteiger partial charge >= 0.3 is 0 Å². The molecule has 0 spiro atoms. The van der Waals surface area contributed by atoms with Gasteiger partial charge in [-0.1, -0.05) is 13.0 Å². The monoisotopic (exact) mass is 545 g/mol. The number of likely N-dealkylation sites (N-methyl/N-ethyl adjacent to an activating group) is 1. The highest BCUT2D eigenvalue weighted by Crippen LogP contribution is 2.41. The number of anilines is 1. The van der Waals surface area contributed by atoms with Crippen molar-refractivity contribution in [2.24, 2.45) is 0 Å². The highest BCUT2D eigenvalue weighted by molar-refractivity contribution is 5.94. The number of amides is 2. The van der Waals surface area contributed by atoms with Crippen LogP contribution >= 0.6 is 0 Å². The van der Waals surface area contributed by atoms with Crippen LogP contribution in [0.25, 0.3) is 0 Å². The van der Waals surface area contributed by atoms with Gasteiger partial charge in [0.1, 0.15) is 28.9 Å². The fraction of sp³-hybridized carbons (Fsp3) is 0.367. The van der Waals surface area contributed by atoms with Gasteiger partial charge in [0.05, 0.1) is 0 Å². The summed E-state index contributed by atoms with van der Waals surface area (Å²) in [6, 6.07) is 12.0. The first kappa shape index (κ1) is 26.2. The number of ether oxygens (including phenoxy) is 2. The maximum atomic E-state index is 14.9. The number of carbonyl (C=O) groups excluding carboxylic acids is 2. The van der Waals surface area contributed by atoms with Crippen LogP contribution in [0.1, 0.15) is 46.3 Å². The fourth-order valence-electron chi connectivity index (χ4n) is 5.37. The van der Waals surface area contributed by atoms with Crippen LogP contribution < -0.4 is 20.1 Å². The first-order chi connectivity index (χ1) is 19.3. The van der Waals surface area contributed by atoms with Crippen LogP contribution in [0.4, 0.5) is 10.2 Å². The molecule has 0 radical (unpaired) electrons. The molecule has 1 aromatic heterocycles. The number of hydrogen-bond donors (Lipinski definition) is 2. The van der Waals surface area contributed by atoms with E-state index in [1.807, 2.05) is 19.1 Å². The third kappa shape index (κ3) is 5.37. The Bertz CT molecular complexity index is 1460. The molecule has 3 aromatic rings. The number of halogens is 1. The lowest BCUT2D eigenvalue weighted by Gasteiger charge is -2.32. The van der Waals surface area contributed by atoms with Crippen molar-refractivity contribution in [2.45, 2.75) is 38.5 Å². The molecular formula is C30H32FN5O4. The summed E-state index contributed by atoms with van der Waals surface area (Å²) >= 11 is 0. The number of fused-ring (bicyclic) bond motifs is 2. The van der Waals surface area contributed by atoms with Crippen LogP contribution in [0.15, 0.2) is 48.7 Å². The molecule has 2 unspecified atom stereocenters. The predicted molar refractivity (Wildman–Crippen MR) is 147 cm³/mol. The van der Waals surface area contributed by atoms with Crippen LogP contribution in [0.2, 0.25) is 0 Å². The molecule has 3 aliphatic rings. The summed E-state index contributed by atoms with van der Waals surface area (Å²) in [7, 11) is 2.09. The number of nitrogens with zero attached hydrogens (tertiary/aromatic N) is 3. The molecule has 1 saturated heterocycles. The number of pyridine rings is 1. The summed E-state index contributed by atoms with van der Waals surface area (Å²) in [6.45, 7) is 6.20. The molecule has 2 aromatic carbocycles. The zero-order valence-electron chi connectivity index (χ0n) is 22.6. The van der Waals surface area contributed by atoms with Crippen LogP contribution in [-0.2, 0) is 17.8 Å². The molecule has 1 fully saturated rings. The second-order valence-corrected chi connectivity index (χ2v) is 10.7. The smallest absolute Gasteiger partial charge is 0.254 e. The minimum absolute atomic E-state index is 0.0573. The summed E-state index contributed by atoms with van der Waals surface area (Å²) in [4.78, 5) is 33.5. The third-order valence-electron chi connectivity index (χ3n) is 7.86. The summed E-state index contributed by atoms with van der Waals surface area (Å²) in [5.41, 5.74) is 2.60. The molecule has 0 bridgehead atoms.